The standard InChI is InChI=1S/C15H18ClNS/c1-11(2)15(12-5-7-13(16)8-6-12)17-10-14-4-3-9-18-14/h3-9,11,15,17H,10H2,1-2H3. The van der Waals surface area contributed by atoms with Crippen LogP contribution >= 0.6 is 22.9 Å². The highest BCUT2D eigenvalue weighted by Crippen LogP contribution is 2.24. The summed E-state index contributed by atoms with van der Waals surface area (Å²) in [6.07, 6.45) is 0. The molecule has 0 saturated carbocycles. The van der Waals surface area contributed by atoms with Gasteiger partial charge >= 0.3 is 0 Å². The number of rotatable bonds is 5. The minimum Gasteiger partial charge on any atom is -0.305 e. The second-order valence-corrected chi connectivity index (χ2v) is 6.20. The van der Waals surface area contributed by atoms with Crippen LogP contribution in [0.2, 0.25) is 5.02 Å². The number of hydrogen-bond acceptors (Lipinski definition) is 2. The second-order valence-electron chi connectivity index (χ2n) is 4.73. The van der Waals surface area contributed by atoms with Crippen molar-refractivity contribution in [2.75, 3.05) is 0 Å². The first kappa shape index (κ1) is 13.6. The van der Waals surface area contributed by atoms with Gasteiger partial charge in [0.1, 0.15) is 0 Å². The van der Waals surface area contributed by atoms with Crippen LogP contribution in [-0.2, 0) is 6.54 Å². The van der Waals surface area contributed by atoms with Crippen molar-refractivity contribution in [3.05, 3.63) is 57.2 Å². The molecule has 1 aromatic heterocycles. The lowest BCUT2D eigenvalue weighted by Crippen LogP contribution is -2.24. The molecule has 1 nitrogen and oxygen atoms in total. The van der Waals surface area contributed by atoms with Gasteiger partial charge in [-0.2, -0.15) is 0 Å². The van der Waals surface area contributed by atoms with Crippen molar-refractivity contribution in [1.29, 1.82) is 0 Å². The van der Waals surface area contributed by atoms with Gasteiger partial charge in [-0.05, 0) is 35.1 Å². The highest BCUT2D eigenvalue weighted by molar-refractivity contribution is 7.09. The Hall–Kier alpha value is -0.830. The lowest BCUT2D eigenvalue weighted by molar-refractivity contribution is 0.412. The van der Waals surface area contributed by atoms with Crippen LogP contribution in [0.4, 0.5) is 0 Å². The minimum atomic E-state index is 0.365. The number of halogens is 1. The summed E-state index contributed by atoms with van der Waals surface area (Å²) in [5, 5.41) is 6.53. The molecule has 0 aliphatic carbocycles. The van der Waals surface area contributed by atoms with Crippen LogP contribution in [0.1, 0.15) is 30.3 Å². The Balaban J connectivity index is 2.06. The lowest BCUT2D eigenvalue weighted by atomic mass is 9.96. The molecule has 0 saturated heterocycles. The van der Waals surface area contributed by atoms with E-state index in [0.29, 0.717) is 12.0 Å². The van der Waals surface area contributed by atoms with Crippen LogP contribution in [0.5, 0.6) is 0 Å². The maximum Gasteiger partial charge on any atom is 0.0406 e. The van der Waals surface area contributed by atoms with Crippen molar-refractivity contribution in [1.82, 2.24) is 5.32 Å². The minimum absolute atomic E-state index is 0.365. The predicted molar refractivity (Wildman–Crippen MR) is 80.2 cm³/mol. The maximum atomic E-state index is 5.94. The van der Waals surface area contributed by atoms with Crippen molar-refractivity contribution < 1.29 is 0 Å². The molecule has 2 aromatic rings. The Kier molecular flexibility index (Phi) is 4.81. The Morgan fingerprint density at radius 2 is 1.89 bits per heavy atom. The summed E-state index contributed by atoms with van der Waals surface area (Å²) in [4.78, 5) is 1.37. The Labute approximate surface area is 118 Å². The van der Waals surface area contributed by atoms with Gasteiger partial charge in [0, 0.05) is 22.5 Å². The molecule has 0 fully saturated rings. The lowest BCUT2D eigenvalue weighted by Gasteiger charge is -2.22. The third-order valence-electron chi connectivity index (χ3n) is 2.97. The van der Waals surface area contributed by atoms with Crippen molar-refractivity contribution in [3.8, 4) is 0 Å². The number of hydrogen-bond donors (Lipinski definition) is 1. The van der Waals surface area contributed by atoms with Crippen LogP contribution in [0, 0.1) is 5.92 Å². The molecule has 0 aliphatic rings. The van der Waals surface area contributed by atoms with Gasteiger partial charge in [0.2, 0.25) is 0 Å². The molecule has 0 aliphatic heterocycles. The number of nitrogens with one attached hydrogen (secondary N) is 1. The Morgan fingerprint density at radius 3 is 2.44 bits per heavy atom. The first-order chi connectivity index (χ1) is 8.66. The van der Waals surface area contributed by atoms with Gasteiger partial charge in [-0.3, -0.25) is 0 Å². The molecule has 1 aromatic carbocycles. The summed E-state index contributed by atoms with van der Waals surface area (Å²) < 4.78 is 0. The van der Waals surface area contributed by atoms with Crippen LogP contribution in [0.15, 0.2) is 41.8 Å². The predicted octanol–water partition coefficient (Wildman–Crippen LogP) is 4.89. The third-order valence-corrected chi connectivity index (χ3v) is 4.10. The van der Waals surface area contributed by atoms with Gasteiger partial charge in [0.25, 0.3) is 0 Å². The molecular formula is C15H18ClNS. The van der Waals surface area contributed by atoms with E-state index in [4.69, 9.17) is 11.6 Å². The zero-order chi connectivity index (χ0) is 13.0. The quantitative estimate of drug-likeness (QED) is 0.822. The summed E-state index contributed by atoms with van der Waals surface area (Å²) in [5.74, 6) is 0.547. The van der Waals surface area contributed by atoms with Gasteiger partial charge in [0.05, 0.1) is 0 Å². The van der Waals surface area contributed by atoms with E-state index >= 15 is 0 Å². The fraction of sp³-hybridized carbons (Fsp3) is 0.333. The monoisotopic (exact) mass is 279 g/mol. The van der Waals surface area contributed by atoms with E-state index in [0.717, 1.165) is 11.6 Å². The van der Waals surface area contributed by atoms with Crippen LogP contribution in [0.25, 0.3) is 0 Å². The molecule has 2 rings (SSSR count). The van der Waals surface area contributed by atoms with Crippen molar-refractivity contribution in [2.24, 2.45) is 5.92 Å². The maximum absolute atomic E-state index is 5.94. The van der Waals surface area contributed by atoms with E-state index in [-0.39, 0.29) is 0 Å². The van der Waals surface area contributed by atoms with E-state index in [9.17, 15) is 0 Å². The normalized spacial score (nSPS) is 12.9. The molecule has 0 spiro atoms. The summed E-state index contributed by atoms with van der Waals surface area (Å²) in [5.41, 5.74) is 1.30. The summed E-state index contributed by atoms with van der Waals surface area (Å²) >= 11 is 7.73. The average molecular weight is 280 g/mol. The van der Waals surface area contributed by atoms with Gasteiger partial charge < -0.3 is 5.32 Å². The van der Waals surface area contributed by atoms with E-state index in [1.807, 2.05) is 12.1 Å². The highest BCUT2D eigenvalue weighted by Gasteiger charge is 2.15. The SMILES string of the molecule is CC(C)C(NCc1cccs1)c1ccc(Cl)cc1. The third kappa shape index (κ3) is 3.58. The molecule has 0 amide bonds. The first-order valence-corrected chi connectivity index (χ1v) is 7.44. The molecule has 1 N–H and O–H groups in total. The average Bonchev–Trinajstić information content (AvgIpc) is 2.84. The summed E-state index contributed by atoms with van der Waals surface area (Å²) in [7, 11) is 0. The molecular weight excluding hydrogens is 262 g/mol. The zero-order valence-electron chi connectivity index (χ0n) is 10.7. The fourth-order valence-electron chi connectivity index (χ4n) is 2.03. The Morgan fingerprint density at radius 1 is 1.17 bits per heavy atom. The molecule has 0 radical (unpaired) electrons. The smallest absolute Gasteiger partial charge is 0.0406 e. The van der Waals surface area contributed by atoms with Crippen LogP contribution in [0.3, 0.4) is 0 Å². The summed E-state index contributed by atoms with van der Waals surface area (Å²) in [6, 6.07) is 12.7. The van der Waals surface area contributed by atoms with Crippen LogP contribution < -0.4 is 5.32 Å². The summed E-state index contributed by atoms with van der Waals surface area (Å²) in [6.45, 7) is 5.39. The molecule has 1 unspecified atom stereocenters. The van der Waals surface area contributed by atoms with Gasteiger partial charge in [-0.25, -0.2) is 0 Å². The van der Waals surface area contributed by atoms with E-state index in [2.05, 4.69) is 48.8 Å². The Bertz CT molecular complexity index is 462. The van der Waals surface area contributed by atoms with Crippen molar-refractivity contribution in [3.63, 3.8) is 0 Å². The van der Waals surface area contributed by atoms with Crippen molar-refractivity contribution in [2.45, 2.75) is 26.4 Å². The number of benzene rings is 1. The molecule has 0 bridgehead atoms. The zero-order valence-corrected chi connectivity index (χ0v) is 12.3. The van der Waals surface area contributed by atoms with Gasteiger partial charge in [-0.15, -0.1) is 11.3 Å². The topological polar surface area (TPSA) is 12.0 Å². The highest BCUT2D eigenvalue weighted by atomic mass is 35.5. The van der Waals surface area contributed by atoms with E-state index in [1.165, 1.54) is 10.4 Å². The molecule has 1 atom stereocenters. The fourth-order valence-corrected chi connectivity index (χ4v) is 2.81. The molecule has 96 valence electrons. The number of thiophene rings is 1. The molecule has 1 heterocycles. The van der Waals surface area contributed by atoms with Crippen LogP contribution in [-0.4, -0.2) is 0 Å². The molecule has 18 heavy (non-hydrogen) atoms. The van der Waals surface area contributed by atoms with Crippen molar-refractivity contribution >= 4 is 22.9 Å². The largest absolute Gasteiger partial charge is 0.305 e. The van der Waals surface area contributed by atoms with E-state index in [1.54, 1.807) is 11.3 Å². The second kappa shape index (κ2) is 6.37. The van der Waals surface area contributed by atoms with Gasteiger partial charge in [-0.1, -0.05) is 43.6 Å². The van der Waals surface area contributed by atoms with Gasteiger partial charge in [0.15, 0.2) is 0 Å². The van der Waals surface area contributed by atoms with E-state index < -0.39 is 0 Å². The molecule has 3 heteroatoms. The first-order valence-electron chi connectivity index (χ1n) is 6.18.